The molecule has 1 fully saturated rings. The Kier molecular flexibility index (Phi) is 4.38. The normalized spacial score (nSPS) is 23.7. The van der Waals surface area contributed by atoms with Crippen LogP contribution in [0.5, 0.6) is 0 Å². The molecular weight excluding hydrogens is 309 g/mol. The molecule has 2 bridgehead atoms. The lowest BCUT2D eigenvalue weighted by atomic mass is 9.88. The first-order chi connectivity index (χ1) is 11.3. The smallest absolute Gasteiger partial charge is 0.411 e. The monoisotopic (exact) mass is 333 g/mol. The van der Waals surface area contributed by atoms with Crippen molar-refractivity contribution in [3.05, 3.63) is 41.2 Å². The third-order valence-electron chi connectivity index (χ3n) is 4.42. The third kappa shape index (κ3) is 3.31. The molecule has 0 aliphatic carbocycles. The van der Waals surface area contributed by atoms with Crippen LogP contribution in [-0.4, -0.2) is 41.9 Å². The van der Waals surface area contributed by atoms with E-state index in [1.165, 1.54) is 6.07 Å². The van der Waals surface area contributed by atoms with Crippen molar-refractivity contribution in [3.8, 4) is 0 Å². The number of hydrogen-bond donors (Lipinski definition) is 0. The second kappa shape index (κ2) is 6.20. The molecule has 1 aromatic carbocycles. The maximum Gasteiger partial charge on any atom is 0.411 e. The molecule has 0 radical (unpaired) electrons. The highest BCUT2D eigenvalue weighted by molar-refractivity contribution is 5.75. The molecule has 1 amide bonds. The van der Waals surface area contributed by atoms with Crippen molar-refractivity contribution < 1.29 is 18.7 Å². The number of benzene rings is 1. The summed E-state index contributed by atoms with van der Waals surface area (Å²) >= 11 is 0. The topological polar surface area (TPSA) is 38.8 Å². The Hall–Kier alpha value is -1.88. The zero-order valence-electron chi connectivity index (χ0n) is 14.6. The van der Waals surface area contributed by atoms with Gasteiger partial charge in [0.25, 0.3) is 0 Å². The van der Waals surface area contributed by atoms with E-state index in [9.17, 15) is 9.18 Å². The minimum atomic E-state index is -0.532. The van der Waals surface area contributed by atoms with Crippen LogP contribution in [0.3, 0.4) is 0 Å². The average molecular weight is 333 g/mol. The lowest BCUT2D eigenvalue weighted by Gasteiger charge is -2.44. The molecule has 0 aromatic heterocycles. The maximum atomic E-state index is 13.9. The van der Waals surface area contributed by atoms with Gasteiger partial charge in [-0.2, -0.15) is 0 Å². The summed E-state index contributed by atoms with van der Waals surface area (Å²) in [5.74, 6) is -0.204. The van der Waals surface area contributed by atoms with Crippen LogP contribution >= 0.6 is 0 Å². The van der Waals surface area contributed by atoms with Crippen molar-refractivity contribution in [1.82, 2.24) is 4.90 Å². The van der Waals surface area contributed by atoms with E-state index in [0.29, 0.717) is 25.2 Å². The van der Waals surface area contributed by atoms with E-state index in [1.54, 1.807) is 17.9 Å². The summed E-state index contributed by atoms with van der Waals surface area (Å²) in [6, 6.07) is 4.88. The summed E-state index contributed by atoms with van der Waals surface area (Å²) in [7, 11) is 0. The van der Waals surface area contributed by atoms with Crippen LogP contribution in [0, 0.1) is 12.7 Å². The van der Waals surface area contributed by atoms with Crippen LogP contribution in [-0.2, 0) is 9.47 Å². The van der Waals surface area contributed by atoms with Gasteiger partial charge in [0.15, 0.2) is 0 Å². The predicted octanol–water partition coefficient (Wildman–Crippen LogP) is 3.93. The Morgan fingerprint density at radius 2 is 2.08 bits per heavy atom. The van der Waals surface area contributed by atoms with Crippen molar-refractivity contribution in [1.29, 1.82) is 0 Å². The van der Waals surface area contributed by atoms with Crippen molar-refractivity contribution >= 4 is 11.7 Å². The van der Waals surface area contributed by atoms with Gasteiger partial charge in [-0.25, -0.2) is 9.18 Å². The molecule has 1 saturated heterocycles. The zero-order valence-corrected chi connectivity index (χ0v) is 14.6. The number of carbonyl (C=O) groups excluding carboxylic acids is 1. The van der Waals surface area contributed by atoms with Crippen LogP contribution in [0.15, 0.2) is 24.3 Å². The van der Waals surface area contributed by atoms with Gasteiger partial charge in [0, 0.05) is 0 Å². The first-order valence-electron chi connectivity index (χ1n) is 8.31. The van der Waals surface area contributed by atoms with E-state index < -0.39 is 5.60 Å². The standard InChI is InChI=1S/C19H24FNO3/c1-12-16(6-5-7-17(12)20)13-8-14-10-23-11-15(9-13)21(14)18(22)24-19(2,3)4/h5-8,14-15H,9-11H2,1-4H3. The molecule has 24 heavy (non-hydrogen) atoms. The molecule has 2 unspecified atom stereocenters. The fourth-order valence-corrected chi connectivity index (χ4v) is 3.35. The summed E-state index contributed by atoms with van der Waals surface area (Å²) in [6.45, 7) is 8.28. The molecule has 3 rings (SSSR count). The van der Waals surface area contributed by atoms with Gasteiger partial charge in [-0.3, -0.25) is 4.90 Å². The molecule has 2 aliphatic heterocycles. The predicted molar refractivity (Wildman–Crippen MR) is 90.2 cm³/mol. The Bertz CT molecular complexity index is 678. The molecule has 0 spiro atoms. The van der Waals surface area contributed by atoms with Crippen molar-refractivity contribution in [2.45, 2.75) is 51.8 Å². The Balaban J connectivity index is 1.90. The highest BCUT2D eigenvalue weighted by atomic mass is 19.1. The van der Waals surface area contributed by atoms with E-state index in [4.69, 9.17) is 9.47 Å². The van der Waals surface area contributed by atoms with Gasteiger partial charge in [-0.1, -0.05) is 18.2 Å². The van der Waals surface area contributed by atoms with E-state index in [-0.39, 0.29) is 24.0 Å². The Labute approximate surface area is 142 Å². The molecule has 0 saturated carbocycles. The minimum absolute atomic E-state index is 0.0822. The number of carbonyl (C=O) groups is 1. The molecule has 5 heteroatoms. The summed E-state index contributed by atoms with van der Waals surface area (Å²) in [5.41, 5.74) is 2.10. The van der Waals surface area contributed by atoms with Gasteiger partial charge in [0.05, 0.1) is 25.3 Å². The van der Waals surface area contributed by atoms with Crippen LogP contribution in [0.1, 0.15) is 38.3 Å². The van der Waals surface area contributed by atoms with Crippen LogP contribution < -0.4 is 0 Å². The number of rotatable bonds is 1. The third-order valence-corrected chi connectivity index (χ3v) is 4.42. The number of fused-ring (bicyclic) bond motifs is 2. The number of amides is 1. The Morgan fingerprint density at radius 1 is 1.33 bits per heavy atom. The molecular formula is C19H24FNO3. The van der Waals surface area contributed by atoms with Crippen molar-refractivity contribution in [2.24, 2.45) is 0 Å². The lowest BCUT2D eigenvalue weighted by Crippen LogP contribution is -2.57. The fraction of sp³-hybridized carbons (Fsp3) is 0.526. The summed E-state index contributed by atoms with van der Waals surface area (Å²) < 4.78 is 25.0. The maximum absolute atomic E-state index is 13.9. The van der Waals surface area contributed by atoms with Crippen LogP contribution in [0.2, 0.25) is 0 Å². The SMILES string of the molecule is Cc1c(F)cccc1C1=CC2COCC(C1)N2C(=O)OC(C)(C)C. The molecule has 130 valence electrons. The molecule has 2 aliphatic rings. The second-order valence-electron chi connectivity index (χ2n) is 7.45. The minimum Gasteiger partial charge on any atom is -0.444 e. The summed E-state index contributed by atoms with van der Waals surface area (Å²) in [5, 5.41) is 0. The van der Waals surface area contributed by atoms with E-state index in [2.05, 4.69) is 0 Å². The molecule has 1 aromatic rings. The molecule has 2 heterocycles. The number of hydrogen-bond acceptors (Lipinski definition) is 3. The van der Waals surface area contributed by atoms with Gasteiger partial charge < -0.3 is 9.47 Å². The average Bonchev–Trinajstić information content (AvgIpc) is 2.47. The zero-order chi connectivity index (χ0) is 17.5. The van der Waals surface area contributed by atoms with E-state index in [0.717, 1.165) is 11.1 Å². The van der Waals surface area contributed by atoms with Gasteiger partial charge in [0.2, 0.25) is 0 Å². The lowest BCUT2D eigenvalue weighted by molar-refractivity contribution is -0.0510. The first-order valence-corrected chi connectivity index (χ1v) is 8.31. The number of morpholine rings is 1. The highest BCUT2D eigenvalue weighted by Gasteiger charge is 2.40. The van der Waals surface area contributed by atoms with Crippen molar-refractivity contribution in [2.75, 3.05) is 13.2 Å². The number of nitrogens with zero attached hydrogens (tertiary/aromatic N) is 1. The molecule has 0 N–H and O–H groups in total. The second-order valence-corrected chi connectivity index (χ2v) is 7.45. The van der Waals surface area contributed by atoms with Gasteiger partial charge in [-0.05, 0) is 56.9 Å². The Morgan fingerprint density at radius 3 is 2.75 bits per heavy atom. The highest BCUT2D eigenvalue weighted by Crippen LogP contribution is 2.35. The van der Waals surface area contributed by atoms with Gasteiger partial charge in [-0.15, -0.1) is 0 Å². The van der Waals surface area contributed by atoms with Crippen LogP contribution in [0.4, 0.5) is 9.18 Å². The quantitative estimate of drug-likeness (QED) is 0.782. The fourth-order valence-electron chi connectivity index (χ4n) is 3.35. The van der Waals surface area contributed by atoms with Crippen LogP contribution in [0.25, 0.3) is 5.57 Å². The summed E-state index contributed by atoms with van der Waals surface area (Å²) in [4.78, 5) is 14.3. The van der Waals surface area contributed by atoms with Gasteiger partial charge >= 0.3 is 6.09 Å². The van der Waals surface area contributed by atoms with E-state index >= 15 is 0 Å². The van der Waals surface area contributed by atoms with E-state index in [1.807, 2.05) is 32.9 Å². The summed E-state index contributed by atoms with van der Waals surface area (Å²) in [6.07, 6.45) is 2.34. The molecule has 4 nitrogen and oxygen atoms in total. The first kappa shape index (κ1) is 17.0. The largest absolute Gasteiger partial charge is 0.444 e. The molecule has 2 atom stereocenters. The van der Waals surface area contributed by atoms with Crippen molar-refractivity contribution in [3.63, 3.8) is 0 Å². The number of halogens is 1. The number of ether oxygens (including phenoxy) is 2. The van der Waals surface area contributed by atoms with Gasteiger partial charge in [0.1, 0.15) is 11.4 Å².